The number of hydrogen-bond donors (Lipinski definition) is 1. The van der Waals surface area contributed by atoms with Crippen LogP contribution in [0.5, 0.6) is 5.75 Å². The van der Waals surface area contributed by atoms with Crippen molar-refractivity contribution in [2.24, 2.45) is 0 Å². The van der Waals surface area contributed by atoms with Gasteiger partial charge in [0.25, 0.3) is 0 Å². The second-order valence-corrected chi connectivity index (χ2v) is 7.72. The minimum absolute atomic E-state index is 0.195. The topological polar surface area (TPSA) is 26.7 Å². The molecule has 0 radical (unpaired) electrons. The Bertz CT molecular complexity index is 759. The molecule has 0 amide bonds. The molecular formula is C19H21FN2OS. The number of hydrogen-bond acceptors (Lipinski definition) is 4. The maximum atomic E-state index is 13.7. The van der Waals surface area contributed by atoms with Gasteiger partial charge in [-0.25, -0.2) is 4.39 Å². The standard InChI is InChI=1S/C19H21FN2OS/c1-21-6-8-22(9-7-21)17-10-13-2-3-14(20)11-19(13)24-18-5-4-15(23)12-16(17)18/h2-5,11-12,17,23H,6-10H2,1H3. The molecule has 24 heavy (non-hydrogen) atoms. The number of fused-ring (bicyclic) bond motifs is 2. The summed E-state index contributed by atoms with van der Waals surface area (Å²) in [5.74, 6) is 0.102. The van der Waals surface area contributed by atoms with Gasteiger partial charge in [0.15, 0.2) is 0 Å². The number of benzene rings is 2. The summed E-state index contributed by atoms with van der Waals surface area (Å²) in [6.45, 7) is 4.12. The monoisotopic (exact) mass is 344 g/mol. The summed E-state index contributed by atoms with van der Waals surface area (Å²) in [5, 5.41) is 10.0. The van der Waals surface area contributed by atoms with Gasteiger partial charge in [-0.1, -0.05) is 17.8 Å². The molecule has 1 fully saturated rings. The molecule has 0 spiro atoms. The third kappa shape index (κ3) is 3.04. The van der Waals surface area contributed by atoms with Crippen molar-refractivity contribution in [1.82, 2.24) is 9.80 Å². The maximum Gasteiger partial charge on any atom is 0.124 e. The second-order valence-electron chi connectivity index (χ2n) is 6.64. The molecule has 2 aromatic rings. The van der Waals surface area contributed by atoms with Gasteiger partial charge in [-0.15, -0.1) is 0 Å². The van der Waals surface area contributed by atoms with E-state index >= 15 is 0 Å². The molecule has 126 valence electrons. The molecule has 2 aliphatic rings. The lowest BCUT2D eigenvalue weighted by Crippen LogP contribution is -2.46. The molecule has 2 aliphatic heterocycles. The van der Waals surface area contributed by atoms with Crippen molar-refractivity contribution in [3.8, 4) is 5.75 Å². The Morgan fingerprint density at radius 2 is 1.83 bits per heavy atom. The largest absolute Gasteiger partial charge is 0.508 e. The number of rotatable bonds is 1. The first-order chi connectivity index (χ1) is 11.6. The van der Waals surface area contributed by atoms with Gasteiger partial charge in [-0.3, -0.25) is 4.90 Å². The zero-order valence-corrected chi connectivity index (χ0v) is 14.5. The van der Waals surface area contributed by atoms with E-state index < -0.39 is 0 Å². The Hall–Kier alpha value is -1.56. The van der Waals surface area contributed by atoms with E-state index in [4.69, 9.17) is 0 Å². The zero-order chi connectivity index (χ0) is 16.7. The predicted molar refractivity (Wildman–Crippen MR) is 94.1 cm³/mol. The predicted octanol–water partition coefficient (Wildman–Crippen LogP) is 3.53. The van der Waals surface area contributed by atoms with Crippen LogP contribution in [0, 0.1) is 5.82 Å². The number of nitrogens with zero attached hydrogens (tertiary/aromatic N) is 2. The molecular weight excluding hydrogens is 323 g/mol. The molecule has 0 aromatic heterocycles. The van der Waals surface area contributed by atoms with Gasteiger partial charge in [0.05, 0.1) is 0 Å². The van der Waals surface area contributed by atoms with E-state index in [9.17, 15) is 9.50 Å². The fourth-order valence-corrected chi connectivity index (χ4v) is 4.72. The molecule has 0 aliphatic carbocycles. The number of phenolic OH excluding ortho intramolecular Hbond substituents is 1. The highest BCUT2D eigenvalue weighted by molar-refractivity contribution is 7.99. The van der Waals surface area contributed by atoms with E-state index in [0.29, 0.717) is 5.75 Å². The average molecular weight is 344 g/mol. The molecule has 1 atom stereocenters. The van der Waals surface area contributed by atoms with Gasteiger partial charge >= 0.3 is 0 Å². The van der Waals surface area contributed by atoms with Crippen molar-refractivity contribution in [2.45, 2.75) is 22.3 Å². The number of phenols is 1. The Morgan fingerprint density at radius 3 is 2.62 bits per heavy atom. The van der Waals surface area contributed by atoms with E-state index in [1.165, 1.54) is 5.56 Å². The lowest BCUT2D eigenvalue weighted by atomic mass is 9.96. The van der Waals surface area contributed by atoms with Crippen LogP contribution in [-0.2, 0) is 6.42 Å². The van der Waals surface area contributed by atoms with E-state index in [1.807, 2.05) is 18.2 Å². The summed E-state index contributed by atoms with van der Waals surface area (Å²) >= 11 is 1.61. The van der Waals surface area contributed by atoms with Crippen LogP contribution in [-0.4, -0.2) is 48.1 Å². The molecule has 4 rings (SSSR count). The second kappa shape index (κ2) is 6.39. The molecule has 1 N–H and O–H groups in total. The van der Waals surface area contributed by atoms with Gasteiger partial charge in [0.2, 0.25) is 0 Å². The van der Waals surface area contributed by atoms with Crippen molar-refractivity contribution in [2.75, 3.05) is 33.2 Å². The maximum absolute atomic E-state index is 13.7. The van der Waals surface area contributed by atoms with Gasteiger partial charge in [0, 0.05) is 42.0 Å². The van der Waals surface area contributed by atoms with Gasteiger partial charge in [0.1, 0.15) is 11.6 Å². The molecule has 2 heterocycles. The molecule has 5 heteroatoms. The lowest BCUT2D eigenvalue weighted by molar-refractivity contribution is 0.109. The number of piperazine rings is 1. The molecule has 1 saturated heterocycles. The first-order valence-corrected chi connectivity index (χ1v) is 9.13. The summed E-state index contributed by atoms with van der Waals surface area (Å²) < 4.78 is 13.7. The summed E-state index contributed by atoms with van der Waals surface area (Å²) in [5.41, 5.74) is 2.34. The normalized spacial score (nSPS) is 21.8. The zero-order valence-electron chi connectivity index (χ0n) is 13.7. The molecule has 2 aromatic carbocycles. The Labute approximate surface area is 146 Å². The summed E-state index contributed by atoms with van der Waals surface area (Å²) in [6.07, 6.45) is 0.850. The fraction of sp³-hybridized carbons (Fsp3) is 0.368. The molecule has 3 nitrogen and oxygen atoms in total. The average Bonchev–Trinajstić information content (AvgIpc) is 2.72. The molecule has 1 unspecified atom stereocenters. The molecule has 0 saturated carbocycles. The van der Waals surface area contributed by atoms with Gasteiger partial charge in [-0.05, 0) is 54.9 Å². The third-order valence-corrected chi connectivity index (χ3v) is 6.19. The van der Waals surface area contributed by atoms with Crippen LogP contribution >= 0.6 is 11.8 Å². The van der Waals surface area contributed by atoms with Crippen molar-refractivity contribution in [1.29, 1.82) is 0 Å². The smallest absolute Gasteiger partial charge is 0.124 e. The first kappa shape index (κ1) is 15.9. The highest BCUT2D eigenvalue weighted by Crippen LogP contribution is 2.44. The number of aromatic hydroxyl groups is 1. The van der Waals surface area contributed by atoms with Crippen LogP contribution in [0.25, 0.3) is 0 Å². The van der Waals surface area contributed by atoms with Crippen LogP contribution in [0.15, 0.2) is 46.2 Å². The minimum atomic E-state index is -0.195. The molecule has 0 bridgehead atoms. The third-order valence-electron chi connectivity index (χ3n) is 4.99. The fourth-order valence-electron chi connectivity index (χ4n) is 3.58. The lowest BCUT2D eigenvalue weighted by Gasteiger charge is -2.38. The van der Waals surface area contributed by atoms with Crippen LogP contribution in [0.2, 0.25) is 0 Å². The van der Waals surface area contributed by atoms with Gasteiger partial charge < -0.3 is 10.0 Å². The number of likely N-dealkylation sites (N-methyl/N-ethyl adjacent to an activating group) is 1. The van der Waals surface area contributed by atoms with E-state index in [1.54, 1.807) is 30.0 Å². The van der Waals surface area contributed by atoms with Crippen LogP contribution in [0.1, 0.15) is 17.2 Å². The summed E-state index contributed by atoms with van der Waals surface area (Å²) in [6, 6.07) is 10.9. The summed E-state index contributed by atoms with van der Waals surface area (Å²) in [4.78, 5) is 6.94. The first-order valence-electron chi connectivity index (χ1n) is 8.32. The van der Waals surface area contributed by atoms with E-state index in [0.717, 1.165) is 48.0 Å². The van der Waals surface area contributed by atoms with Crippen LogP contribution < -0.4 is 0 Å². The van der Waals surface area contributed by atoms with Crippen molar-refractivity contribution in [3.63, 3.8) is 0 Å². The highest BCUT2D eigenvalue weighted by atomic mass is 32.2. The quantitative estimate of drug-likeness (QED) is 0.856. The minimum Gasteiger partial charge on any atom is -0.508 e. The van der Waals surface area contributed by atoms with E-state index in [2.05, 4.69) is 16.8 Å². The van der Waals surface area contributed by atoms with Crippen molar-refractivity contribution in [3.05, 3.63) is 53.3 Å². The van der Waals surface area contributed by atoms with Crippen molar-refractivity contribution < 1.29 is 9.50 Å². The number of halogens is 1. The van der Waals surface area contributed by atoms with Crippen LogP contribution in [0.3, 0.4) is 0 Å². The van der Waals surface area contributed by atoms with E-state index in [-0.39, 0.29) is 11.9 Å². The Kier molecular flexibility index (Phi) is 4.24. The van der Waals surface area contributed by atoms with Crippen LogP contribution in [0.4, 0.5) is 4.39 Å². The van der Waals surface area contributed by atoms with Crippen molar-refractivity contribution >= 4 is 11.8 Å². The highest BCUT2D eigenvalue weighted by Gasteiger charge is 2.29. The Balaban J connectivity index is 1.77. The SMILES string of the molecule is CN1CCN(C2Cc3ccc(F)cc3Sc3ccc(O)cc32)CC1. The Morgan fingerprint density at radius 1 is 1.04 bits per heavy atom. The summed E-state index contributed by atoms with van der Waals surface area (Å²) in [7, 11) is 2.15. The van der Waals surface area contributed by atoms with Gasteiger partial charge in [-0.2, -0.15) is 0 Å².